The summed E-state index contributed by atoms with van der Waals surface area (Å²) in [5, 5.41) is 3.65. The van der Waals surface area contributed by atoms with Gasteiger partial charge in [-0.2, -0.15) is 0 Å². The molecular weight excluding hydrogens is 210 g/mol. The first-order valence-electron chi connectivity index (χ1n) is 7.08. The molecule has 0 aromatic carbocycles. The summed E-state index contributed by atoms with van der Waals surface area (Å²) in [6.45, 7) is 9.51. The molecule has 1 aliphatic rings. The third-order valence-electron chi connectivity index (χ3n) is 4.21. The summed E-state index contributed by atoms with van der Waals surface area (Å²) in [5.41, 5.74) is 0.0376. The molecule has 0 aliphatic heterocycles. The summed E-state index contributed by atoms with van der Waals surface area (Å²) in [5.74, 6) is 0.855. The van der Waals surface area contributed by atoms with E-state index in [1.165, 1.54) is 32.1 Å². The molecule has 2 nitrogen and oxygen atoms in total. The maximum atomic E-state index is 5.93. The second-order valence-corrected chi connectivity index (χ2v) is 5.48. The number of rotatable bonds is 7. The summed E-state index contributed by atoms with van der Waals surface area (Å²) in [6, 6.07) is 0.428. The summed E-state index contributed by atoms with van der Waals surface area (Å²) in [6.07, 6.45) is 9.13. The van der Waals surface area contributed by atoms with Crippen LogP contribution >= 0.6 is 0 Å². The van der Waals surface area contributed by atoms with E-state index in [1.54, 1.807) is 0 Å². The fraction of sp³-hybridized carbons (Fsp3) is 0.867. The zero-order chi connectivity index (χ0) is 12.7. The van der Waals surface area contributed by atoms with Crippen LogP contribution in [0.3, 0.4) is 0 Å². The monoisotopic (exact) mass is 239 g/mol. The predicted molar refractivity (Wildman–Crippen MR) is 74.3 cm³/mol. The van der Waals surface area contributed by atoms with Gasteiger partial charge in [0.1, 0.15) is 0 Å². The van der Waals surface area contributed by atoms with Crippen LogP contribution < -0.4 is 5.32 Å². The maximum absolute atomic E-state index is 5.93. The van der Waals surface area contributed by atoms with Gasteiger partial charge in [0.2, 0.25) is 0 Å². The molecule has 0 amide bonds. The van der Waals surface area contributed by atoms with E-state index in [2.05, 4.69) is 25.7 Å². The molecule has 1 unspecified atom stereocenters. The first-order chi connectivity index (χ1) is 8.18. The first-order valence-corrected chi connectivity index (χ1v) is 7.08. The van der Waals surface area contributed by atoms with Crippen LogP contribution in [0.5, 0.6) is 0 Å². The number of nitrogens with one attached hydrogen (secondary N) is 1. The van der Waals surface area contributed by atoms with E-state index in [4.69, 9.17) is 4.74 Å². The van der Waals surface area contributed by atoms with Crippen molar-refractivity contribution in [3.05, 3.63) is 12.7 Å². The maximum Gasteiger partial charge on any atom is 0.0834 e. The highest BCUT2D eigenvalue weighted by Crippen LogP contribution is 2.37. The number of ether oxygens (including phenoxy) is 1. The Balaban J connectivity index is 2.68. The second kappa shape index (κ2) is 7.17. The van der Waals surface area contributed by atoms with Gasteiger partial charge in [-0.1, -0.05) is 19.9 Å². The van der Waals surface area contributed by atoms with Gasteiger partial charge in [0.05, 0.1) is 5.60 Å². The Morgan fingerprint density at radius 2 is 2.12 bits per heavy atom. The van der Waals surface area contributed by atoms with Crippen molar-refractivity contribution >= 4 is 0 Å². The zero-order valence-corrected chi connectivity index (χ0v) is 11.8. The molecule has 0 bridgehead atoms. The lowest BCUT2D eigenvalue weighted by Gasteiger charge is -2.44. The molecule has 0 heterocycles. The third kappa shape index (κ3) is 3.82. The Morgan fingerprint density at radius 1 is 1.47 bits per heavy atom. The quantitative estimate of drug-likeness (QED) is 0.686. The van der Waals surface area contributed by atoms with Crippen molar-refractivity contribution in [2.24, 2.45) is 5.92 Å². The summed E-state index contributed by atoms with van der Waals surface area (Å²) in [7, 11) is 1.87. The lowest BCUT2D eigenvalue weighted by molar-refractivity contribution is -0.0739. The van der Waals surface area contributed by atoms with Crippen LogP contribution in [0.15, 0.2) is 12.7 Å². The van der Waals surface area contributed by atoms with Crippen LogP contribution in [0.1, 0.15) is 52.4 Å². The average molecular weight is 239 g/mol. The normalized spacial score (nSPS) is 31.1. The molecule has 100 valence electrons. The van der Waals surface area contributed by atoms with Gasteiger partial charge in [-0.3, -0.25) is 0 Å². The van der Waals surface area contributed by atoms with Gasteiger partial charge in [0.25, 0.3) is 0 Å². The highest BCUT2D eigenvalue weighted by molar-refractivity contribution is 4.99. The smallest absolute Gasteiger partial charge is 0.0834 e. The molecule has 17 heavy (non-hydrogen) atoms. The van der Waals surface area contributed by atoms with Gasteiger partial charge in [0, 0.05) is 13.2 Å². The topological polar surface area (TPSA) is 21.3 Å². The molecule has 1 fully saturated rings. The van der Waals surface area contributed by atoms with Crippen LogP contribution in [-0.2, 0) is 4.74 Å². The zero-order valence-electron chi connectivity index (χ0n) is 11.8. The van der Waals surface area contributed by atoms with E-state index in [1.807, 2.05) is 13.2 Å². The van der Waals surface area contributed by atoms with Crippen molar-refractivity contribution in [3.8, 4) is 0 Å². The van der Waals surface area contributed by atoms with E-state index in [-0.39, 0.29) is 5.60 Å². The lowest BCUT2D eigenvalue weighted by Crippen LogP contribution is -2.53. The van der Waals surface area contributed by atoms with Crippen LogP contribution in [0.2, 0.25) is 0 Å². The average Bonchev–Trinajstić information content (AvgIpc) is 2.36. The Hall–Kier alpha value is -0.340. The van der Waals surface area contributed by atoms with Crippen molar-refractivity contribution in [3.63, 3.8) is 0 Å². The highest BCUT2D eigenvalue weighted by atomic mass is 16.5. The molecule has 1 atom stereocenters. The lowest BCUT2D eigenvalue weighted by atomic mass is 9.74. The van der Waals surface area contributed by atoms with Crippen LogP contribution in [0.4, 0.5) is 0 Å². The Labute approximate surface area is 107 Å². The molecule has 1 aliphatic carbocycles. The molecule has 0 radical (unpaired) electrons. The van der Waals surface area contributed by atoms with Gasteiger partial charge in [-0.15, -0.1) is 6.58 Å². The molecule has 2 heteroatoms. The van der Waals surface area contributed by atoms with Crippen molar-refractivity contribution in [2.45, 2.75) is 64.0 Å². The van der Waals surface area contributed by atoms with Crippen molar-refractivity contribution in [2.75, 3.05) is 13.7 Å². The van der Waals surface area contributed by atoms with Crippen LogP contribution in [0.25, 0.3) is 0 Å². The van der Waals surface area contributed by atoms with Gasteiger partial charge < -0.3 is 10.1 Å². The van der Waals surface area contributed by atoms with Crippen LogP contribution in [-0.4, -0.2) is 25.3 Å². The van der Waals surface area contributed by atoms with E-state index < -0.39 is 0 Å². The number of methoxy groups -OCH3 is 1. The largest absolute Gasteiger partial charge is 0.377 e. The minimum Gasteiger partial charge on any atom is -0.377 e. The third-order valence-corrected chi connectivity index (χ3v) is 4.21. The van der Waals surface area contributed by atoms with Crippen molar-refractivity contribution < 1.29 is 4.74 Å². The Bertz CT molecular complexity index is 219. The van der Waals surface area contributed by atoms with Gasteiger partial charge in [-0.25, -0.2) is 0 Å². The first kappa shape index (κ1) is 14.7. The molecule has 0 saturated heterocycles. The second-order valence-electron chi connectivity index (χ2n) is 5.48. The summed E-state index contributed by atoms with van der Waals surface area (Å²) < 4.78 is 5.93. The summed E-state index contributed by atoms with van der Waals surface area (Å²) >= 11 is 0. The fourth-order valence-corrected chi connectivity index (χ4v) is 2.91. The van der Waals surface area contributed by atoms with Crippen molar-refractivity contribution in [1.82, 2.24) is 5.32 Å². The van der Waals surface area contributed by atoms with Crippen molar-refractivity contribution in [1.29, 1.82) is 0 Å². The molecular formula is C15H29NO. The van der Waals surface area contributed by atoms with E-state index in [0.29, 0.717) is 6.04 Å². The number of hydrogen-bond donors (Lipinski definition) is 1. The predicted octanol–water partition coefficient (Wildman–Crippen LogP) is 3.53. The standard InChI is InChI=1S/C15H29NO/c1-5-7-14(16-12-6-2)15(17-4)10-8-13(3)9-11-15/h5,13-14,16H,1,6-12H2,2-4H3. The fourth-order valence-electron chi connectivity index (χ4n) is 2.91. The Morgan fingerprint density at radius 3 is 2.59 bits per heavy atom. The van der Waals surface area contributed by atoms with E-state index in [9.17, 15) is 0 Å². The van der Waals surface area contributed by atoms with Crippen LogP contribution in [0, 0.1) is 5.92 Å². The highest BCUT2D eigenvalue weighted by Gasteiger charge is 2.40. The van der Waals surface area contributed by atoms with Gasteiger partial charge >= 0.3 is 0 Å². The SMILES string of the molecule is C=CCC(NCCC)C1(OC)CCC(C)CC1. The molecule has 0 aromatic rings. The van der Waals surface area contributed by atoms with E-state index >= 15 is 0 Å². The Kier molecular flexibility index (Phi) is 6.21. The van der Waals surface area contributed by atoms with E-state index in [0.717, 1.165) is 18.9 Å². The van der Waals surface area contributed by atoms with Gasteiger partial charge in [-0.05, 0) is 51.0 Å². The minimum atomic E-state index is 0.0376. The number of hydrogen-bond acceptors (Lipinski definition) is 2. The molecule has 1 rings (SSSR count). The molecule has 0 aromatic heterocycles. The molecule has 1 saturated carbocycles. The minimum absolute atomic E-state index is 0.0376. The molecule has 0 spiro atoms. The van der Waals surface area contributed by atoms with Gasteiger partial charge in [0.15, 0.2) is 0 Å². The summed E-state index contributed by atoms with van der Waals surface area (Å²) in [4.78, 5) is 0. The molecule has 1 N–H and O–H groups in total.